The van der Waals surface area contributed by atoms with Crippen molar-refractivity contribution in [3.05, 3.63) is 34.9 Å². The van der Waals surface area contributed by atoms with E-state index in [1.165, 1.54) is 16.7 Å². The number of rotatable bonds is 6. The highest BCUT2D eigenvalue weighted by atomic mass is 16.5. The summed E-state index contributed by atoms with van der Waals surface area (Å²) in [5.41, 5.74) is 3.95. The lowest BCUT2D eigenvalue weighted by Gasteiger charge is -2.25. The van der Waals surface area contributed by atoms with Crippen LogP contribution in [0.2, 0.25) is 0 Å². The van der Waals surface area contributed by atoms with Crippen molar-refractivity contribution in [1.29, 1.82) is 0 Å². The van der Waals surface area contributed by atoms with Crippen LogP contribution in [-0.4, -0.2) is 19.8 Å². The normalized spacial score (nSPS) is 14.6. The molecule has 0 saturated heterocycles. The van der Waals surface area contributed by atoms with Gasteiger partial charge in [0.05, 0.1) is 12.1 Å². The summed E-state index contributed by atoms with van der Waals surface area (Å²) >= 11 is 0. The van der Waals surface area contributed by atoms with Crippen LogP contribution in [0.4, 0.5) is 0 Å². The lowest BCUT2D eigenvalue weighted by molar-refractivity contribution is 0.0830. The maximum absolute atomic E-state index is 5.48. The van der Waals surface area contributed by atoms with E-state index < -0.39 is 0 Å². The summed E-state index contributed by atoms with van der Waals surface area (Å²) in [5, 5.41) is 3.57. The summed E-state index contributed by atoms with van der Waals surface area (Å²) in [6, 6.07) is 6.97. The van der Waals surface area contributed by atoms with E-state index in [2.05, 4.69) is 51.2 Å². The number of nitrogens with one attached hydrogen (secondary N) is 1. The lowest BCUT2D eigenvalue weighted by atomic mass is 9.98. The molecule has 0 spiro atoms. The van der Waals surface area contributed by atoms with Crippen molar-refractivity contribution in [3.8, 4) is 0 Å². The Bertz CT molecular complexity index is 329. The second kappa shape index (κ2) is 6.77. The summed E-state index contributed by atoms with van der Waals surface area (Å²) in [6.45, 7) is 9.61. The largest absolute Gasteiger partial charge is 0.380 e. The van der Waals surface area contributed by atoms with Gasteiger partial charge < -0.3 is 10.1 Å². The summed E-state index contributed by atoms with van der Waals surface area (Å²) in [5.74, 6) is 0. The summed E-state index contributed by atoms with van der Waals surface area (Å²) < 4.78 is 5.48. The number of ether oxygens (including phenoxy) is 1. The Kier molecular flexibility index (Phi) is 5.66. The van der Waals surface area contributed by atoms with Crippen LogP contribution in [0.25, 0.3) is 0 Å². The fourth-order valence-corrected chi connectivity index (χ4v) is 2.18. The van der Waals surface area contributed by atoms with Gasteiger partial charge in [0, 0.05) is 7.11 Å². The molecule has 0 amide bonds. The second-order valence-electron chi connectivity index (χ2n) is 4.79. The lowest BCUT2D eigenvalue weighted by Crippen LogP contribution is -2.32. The third-order valence-corrected chi connectivity index (χ3v) is 3.06. The van der Waals surface area contributed by atoms with E-state index in [0.29, 0.717) is 0 Å². The van der Waals surface area contributed by atoms with Gasteiger partial charge in [0.2, 0.25) is 0 Å². The fraction of sp³-hybridized carbons (Fsp3) is 0.600. The Labute approximate surface area is 105 Å². The predicted molar refractivity (Wildman–Crippen MR) is 73.4 cm³/mol. The Morgan fingerprint density at radius 2 is 1.76 bits per heavy atom. The second-order valence-corrected chi connectivity index (χ2v) is 4.79. The molecule has 2 heteroatoms. The molecule has 1 rings (SSSR count). The molecule has 1 aromatic rings. The molecule has 0 aromatic heterocycles. The number of methoxy groups -OCH3 is 1. The fourth-order valence-electron chi connectivity index (χ4n) is 2.18. The molecule has 2 nitrogen and oxygen atoms in total. The zero-order valence-electron chi connectivity index (χ0n) is 11.7. The van der Waals surface area contributed by atoms with E-state index in [0.717, 1.165) is 13.0 Å². The van der Waals surface area contributed by atoms with Gasteiger partial charge in [0.1, 0.15) is 0 Å². The van der Waals surface area contributed by atoms with Gasteiger partial charge in [0.25, 0.3) is 0 Å². The SMILES string of the molecule is CCCNC(c1cc(C)cc(C)c1)C(C)OC. The van der Waals surface area contributed by atoms with Gasteiger partial charge in [-0.25, -0.2) is 0 Å². The highest BCUT2D eigenvalue weighted by molar-refractivity contribution is 5.31. The van der Waals surface area contributed by atoms with Crippen LogP contribution in [0.1, 0.15) is 43.0 Å². The third-order valence-electron chi connectivity index (χ3n) is 3.06. The van der Waals surface area contributed by atoms with Gasteiger partial charge >= 0.3 is 0 Å². The molecule has 0 heterocycles. The van der Waals surface area contributed by atoms with Gasteiger partial charge in [-0.2, -0.15) is 0 Å². The highest BCUT2D eigenvalue weighted by Gasteiger charge is 2.18. The molecule has 96 valence electrons. The van der Waals surface area contributed by atoms with Crippen molar-refractivity contribution in [2.24, 2.45) is 0 Å². The maximum Gasteiger partial charge on any atom is 0.0737 e. The third kappa shape index (κ3) is 4.14. The Morgan fingerprint density at radius 3 is 2.24 bits per heavy atom. The maximum atomic E-state index is 5.48. The van der Waals surface area contributed by atoms with Crippen molar-refractivity contribution in [2.45, 2.75) is 46.3 Å². The first-order valence-corrected chi connectivity index (χ1v) is 6.42. The summed E-state index contributed by atoms with van der Waals surface area (Å²) in [7, 11) is 1.77. The first-order valence-electron chi connectivity index (χ1n) is 6.42. The van der Waals surface area contributed by atoms with E-state index in [4.69, 9.17) is 4.74 Å². The van der Waals surface area contributed by atoms with E-state index >= 15 is 0 Å². The first kappa shape index (κ1) is 14.2. The van der Waals surface area contributed by atoms with E-state index in [-0.39, 0.29) is 12.1 Å². The van der Waals surface area contributed by atoms with Crippen molar-refractivity contribution in [1.82, 2.24) is 5.32 Å². The summed E-state index contributed by atoms with van der Waals surface area (Å²) in [6.07, 6.45) is 1.32. The molecule has 2 unspecified atom stereocenters. The molecule has 0 saturated carbocycles. The van der Waals surface area contributed by atoms with Gasteiger partial charge in [-0.15, -0.1) is 0 Å². The van der Waals surface area contributed by atoms with Crippen LogP contribution >= 0.6 is 0 Å². The molecule has 0 aliphatic heterocycles. The van der Waals surface area contributed by atoms with E-state index in [1.54, 1.807) is 7.11 Å². The number of benzene rings is 1. The van der Waals surface area contributed by atoms with Gasteiger partial charge in [0.15, 0.2) is 0 Å². The van der Waals surface area contributed by atoms with Crippen LogP contribution in [0.15, 0.2) is 18.2 Å². The monoisotopic (exact) mass is 235 g/mol. The van der Waals surface area contributed by atoms with Crippen molar-refractivity contribution < 1.29 is 4.74 Å². The molecule has 0 aliphatic carbocycles. The molecule has 2 atom stereocenters. The quantitative estimate of drug-likeness (QED) is 0.816. The van der Waals surface area contributed by atoms with Gasteiger partial charge in [-0.1, -0.05) is 36.2 Å². The van der Waals surface area contributed by atoms with Crippen molar-refractivity contribution in [3.63, 3.8) is 0 Å². The molecule has 1 N–H and O–H groups in total. The van der Waals surface area contributed by atoms with Crippen molar-refractivity contribution in [2.75, 3.05) is 13.7 Å². The molecular weight excluding hydrogens is 210 g/mol. The van der Waals surface area contributed by atoms with E-state index in [1.807, 2.05) is 0 Å². The predicted octanol–water partition coefficient (Wildman–Crippen LogP) is 3.38. The zero-order chi connectivity index (χ0) is 12.8. The molecule has 17 heavy (non-hydrogen) atoms. The number of aryl methyl sites for hydroxylation is 2. The molecule has 0 bridgehead atoms. The molecule has 1 aromatic carbocycles. The van der Waals surface area contributed by atoms with E-state index in [9.17, 15) is 0 Å². The average molecular weight is 235 g/mol. The minimum atomic E-state index is 0.183. The zero-order valence-corrected chi connectivity index (χ0v) is 11.7. The number of hydrogen-bond donors (Lipinski definition) is 1. The van der Waals surface area contributed by atoms with Crippen LogP contribution < -0.4 is 5.32 Å². The van der Waals surface area contributed by atoms with Crippen LogP contribution in [-0.2, 0) is 4.74 Å². The van der Waals surface area contributed by atoms with Crippen LogP contribution in [0, 0.1) is 13.8 Å². The molecule has 0 fully saturated rings. The average Bonchev–Trinajstić information content (AvgIpc) is 2.28. The Balaban J connectivity index is 2.94. The Hall–Kier alpha value is -0.860. The topological polar surface area (TPSA) is 21.3 Å². The van der Waals surface area contributed by atoms with Crippen molar-refractivity contribution >= 4 is 0 Å². The molecule has 0 aliphatic rings. The highest BCUT2D eigenvalue weighted by Crippen LogP contribution is 2.21. The minimum absolute atomic E-state index is 0.183. The van der Waals surface area contributed by atoms with Gasteiger partial charge in [-0.3, -0.25) is 0 Å². The standard InChI is InChI=1S/C15H25NO/c1-6-7-16-15(13(4)17-5)14-9-11(2)8-12(3)10-14/h8-10,13,15-16H,6-7H2,1-5H3. The number of hydrogen-bond acceptors (Lipinski definition) is 2. The first-order chi connectivity index (χ1) is 8.08. The summed E-state index contributed by atoms with van der Waals surface area (Å²) in [4.78, 5) is 0. The van der Waals surface area contributed by atoms with Gasteiger partial charge in [-0.05, 0) is 39.3 Å². The van der Waals surface area contributed by atoms with Crippen LogP contribution in [0.5, 0.6) is 0 Å². The Morgan fingerprint density at radius 1 is 1.18 bits per heavy atom. The smallest absolute Gasteiger partial charge is 0.0737 e. The van der Waals surface area contributed by atoms with Crippen LogP contribution in [0.3, 0.4) is 0 Å². The molecule has 0 radical (unpaired) electrons. The minimum Gasteiger partial charge on any atom is -0.380 e. The molecular formula is C15H25NO.